The molecule has 20 heavy (non-hydrogen) atoms. The summed E-state index contributed by atoms with van der Waals surface area (Å²) in [4.78, 5) is 0. The van der Waals surface area contributed by atoms with Gasteiger partial charge in [-0.05, 0) is 31.2 Å². The molecule has 0 unspecified atom stereocenters. The van der Waals surface area contributed by atoms with Gasteiger partial charge in [-0.1, -0.05) is 41.4 Å². The fourth-order valence-corrected chi connectivity index (χ4v) is 2.03. The van der Waals surface area contributed by atoms with Crippen molar-refractivity contribution in [3.8, 4) is 17.2 Å². The first-order chi connectivity index (χ1) is 9.72. The maximum Gasteiger partial charge on any atom is 0.165 e. The lowest BCUT2D eigenvalue weighted by atomic mass is 10.2. The van der Waals surface area contributed by atoms with Gasteiger partial charge in [0.25, 0.3) is 0 Å². The lowest BCUT2D eigenvalue weighted by molar-refractivity contribution is 0.482. The van der Waals surface area contributed by atoms with E-state index in [1.165, 1.54) is 5.56 Å². The smallest absolute Gasteiger partial charge is 0.165 e. The van der Waals surface area contributed by atoms with Gasteiger partial charge in [0, 0.05) is 0 Å². The zero-order chi connectivity index (χ0) is 13.9. The van der Waals surface area contributed by atoms with Crippen molar-refractivity contribution in [2.75, 3.05) is 0 Å². The number of hydrogen-bond acceptors (Lipinski definition) is 2. The fraction of sp³-hybridized carbons (Fsp3) is 0.0625. The molecule has 0 fully saturated rings. The maximum atomic E-state index is 6.06. The van der Waals surface area contributed by atoms with E-state index in [9.17, 15) is 0 Å². The minimum atomic E-state index is 0.579. The monoisotopic (exact) mass is 284 g/mol. The van der Waals surface area contributed by atoms with Crippen LogP contribution in [0.25, 0.3) is 5.69 Å². The Labute approximate surface area is 122 Å². The third-order valence-electron chi connectivity index (χ3n) is 2.92. The summed E-state index contributed by atoms with van der Waals surface area (Å²) in [6.45, 7) is 2.05. The Morgan fingerprint density at radius 2 is 1.80 bits per heavy atom. The van der Waals surface area contributed by atoms with Gasteiger partial charge >= 0.3 is 0 Å². The van der Waals surface area contributed by atoms with Gasteiger partial charge < -0.3 is 4.74 Å². The van der Waals surface area contributed by atoms with Gasteiger partial charge in [0.1, 0.15) is 5.75 Å². The highest BCUT2D eigenvalue weighted by atomic mass is 35.5. The molecule has 2 aromatic carbocycles. The van der Waals surface area contributed by atoms with Crippen LogP contribution in [0, 0.1) is 6.92 Å². The zero-order valence-electron chi connectivity index (χ0n) is 11.0. The first-order valence-electron chi connectivity index (χ1n) is 6.26. The maximum absolute atomic E-state index is 6.06. The molecule has 0 spiro atoms. The molecule has 3 rings (SSSR count). The van der Waals surface area contributed by atoms with E-state index in [-0.39, 0.29) is 0 Å². The van der Waals surface area contributed by atoms with Gasteiger partial charge in [0.2, 0.25) is 0 Å². The number of hydrogen-bond donors (Lipinski definition) is 0. The third-order valence-corrected chi connectivity index (χ3v) is 3.23. The average Bonchev–Trinajstić information content (AvgIpc) is 2.91. The summed E-state index contributed by atoms with van der Waals surface area (Å²) in [5.74, 6) is 1.27. The van der Waals surface area contributed by atoms with E-state index in [1.807, 2.05) is 48.7 Å². The number of para-hydroxylation sites is 1. The summed E-state index contributed by atoms with van der Waals surface area (Å²) < 4.78 is 7.49. The Morgan fingerprint density at radius 1 is 1.05 bits per heavy atom. The van der Waals surface area contributed by atoms with E-state index in [1.54, 1.807) is 16.9 Å². The predicted octanol–water partition coefficient (Wildman–Crippen LogP) is 4.63. The number of ether oxygens (including phenoxy) is 1. The molecular formula is C16H13ClN2O. The standard InChI is InChI=1S/C16H13ClN2O/c1-12-6-8-13(9-7-12)19-11-14(10-18-19)20-16-5-3-2-4-15(16)17/h2-11H,1H3. The van der Waals surface area contributed by atoms with E-state index in [2.05, 4.69) is 12.0 Å². The minimum absolute atomic E-state index is 0.579. The Hall–Kier alpha value is -2.26. The molecule has 1 heterocycles. The molecule has 0 saturated heterocycles. The molecule has 0 atom stereocenters. The molecule has 0 radical (unpaired) electrons. The second-order valence-corrected chi connectivity index (χ2v) is 4.90. The van der Waals surface area contributed by atoms with Crippen molar-refractivity contribution < 1.29 is 4.74 Å². The Kier molecular flexibility index (Phi) is 3.44. The van der Waals surface area contributed by atoms with Crippen LogP contribution in [0.5, 0.6) is 11.5 Å². The summed E-state index contributed by atoms with van der Waals surface area (Å²) in [5.41, 5.74) is 2.21. The average molecular weight is 285 g/mol. The highest BCUT2D eigenvalue weighted by Crippen LogP contribution is 2.28. The lowest BCUT2D eigenvalue weighted by Gasteiger charge is -2.04. The molecule has 4 heteroatoms. The van der Waals surface area contributed by atoms with Crippen LogP contribution in [-0.2, 0) is 0 Å². The molecular weight excluding hydrogens is 272 g/mol. The quantitative estimate of drug-likeness (QED) is 0.701. The topological polar surface area (TPSA) is 27.1 Å². The molecule has 0 N–H and O–H groups in total. The summed E-state index contributed by atoms with van der Waals surface area (Å²) >= 11 is 6.06. The molecule has 1 aromatic heterocycles. The molecule has 100 valence electrons. The molecule has 3 nitrogen and oxygen atoms in total. The van der Waals surface area contributed by atoms with Crippen molar-refractivity contribution in [3.63, 3.8) is 0 Å². The van der Waals surface area contributed by atoms with Crippen LogP contribution < -0.4 is 4.74 Å². The second kappa shape index (κ2) is 5.39. The highest BCUT2D eigenvalue weighted by molar-refractivity contribution is 6.32. The normalized spacial score (nSPS) is 10.5. The van der Waals surface area contributed by atoms with Gasteiger partial charge in [-0.15, -0.1) is 0 Å². The van der Waals surface area contributed by atoms with Gasteiger partial charge in [-0.25, -0.2) is 4.68 Å². The number of benzene rings is 2. The molecule has 0 saturated carbocycles. The summed E-state index contributed by atoms with van der Waals surface area (Å²) in [7, 11) is 0. The van der Waals surface area contributed by atoms with Crippen molar-refractivity contribution in [2.24, 2.45) is 0 Å². The molecule has 0 bridgehead atoms. The van der Waals surface area contributed by atoms with E-state index in [0.29, 0.717) is 16.5 Å². The number of aromatic nitrogens is 2. The van der Waals surface area contributed by atoms with Crippen molar-refractivity contribution in [2.45, 2.75) is 6.92 Å². The Morgan fingerprint density at radius 3 is 2.55 bits per heavy atom. The van der Waals surface area contributed by atoms with Crippen LogP contribution >= 0.6 is 11.6 Å². The zero-order valence-corrected chi connectivity index (χ0v) is 11.7. The predicted molar refractivity (Wildman–Crippen MR) is 79.8 cm³/mol. The van der Waals surface area contributed by atoms with Gasteiger partial charge in [0.15, 0.2) is 5.75 Å². The summed E-state index contributed by atoms with van der Waals surface area (Å²) in [6, 6.07) is 15.5. The Balaban J connectivity index is 1.84. The van der Waals surface area contributed by atoms with Crippen LogP contribution in [0.3, 0.4) is 0 Å². The number of nitrogens with zero attached hydrogens (tertiary/aromatic N) is 2. The van der Waals surface area contributed by atoms with Crippen molar-refractivity contribution in [1.82, 2.24) is 9.78 Å². The van der Waals surface area contributed by atoms with Crippen LogP contribution in [0.15, 0.2) is 60.9 Å². The van der Waals surface area contributed by atoms with Crippen LogP contribution in [-0.4, -0.2) is 9.78 Å². The minimum Gasteiger partial charge on any atom is -0.452 e. The van der Waals surface area contributed by atoms with Gasteiger partial charge in [-0.3, -0.25) is 0 Å². The molecule has 0 aliphatic carbocycles. The molecule has 3 aromatic rings. The van der Waals surface area contributed by atoms with Crippen LogP contribution in [0.4, 0.5) is 0 Å². The third kappa shape index (κ3) is 2.68. The highest BCUT2D eigenvalue weighted by Gasteiger charge is 2.05. The number of rotatable bonds is 3. The number of aryl methyl sites for hydroxylation is 1. The number of halogens is 1. The fourth-order valence-electron chi connectivity index (χ4n) is 1.85. The van der Waals surface area contributed by atoms with E-state index in [4.69, 9.17) is 16.3 Å². The first-order valence-corrected chi connectivity index (χ1v) is 6.64. The largest absolute Gasteiger partial charge is 0.452 e. The van der Waals surface area contributed by atoms with E-state index < -0.39 is 0 Å². The SMILES string of the molecule is Cc1ccc(-n2cc(Oc3ccccc3Cl)cn2)cc1. The van der Waals surface area contributed by atoms with Crippen molar-refractivity contribution in [3.05, 3.63) is 71.5 Å². The molecule has 0 aliphatic heterocycles. The molecule has 0 amide bonds. The van der Waals surface area contributed by atoms with Crippen LogP contribution in [0.2, 0.25) is 5.02 Å². The van der Waals surface area contributed by atoms with Crippen LogP contribution in [0.1, 0.15) is 5.56 Å². The lowest BCUT2D eigenvalue weighted by Crippen LogP contribution is -1.93. The van der Waals surface area contributed by atoms with E-state index >= 15 is 0 Å². The van der Waals surface area contributed by atoms with E-state index in [0.717, 1.165) is 5.69 Å². The van der Waals surface area contributed by atoms with Crippen molar-refractivity contribution in [1.29, 1.82) is 0 Å². The van der Waals surface area contributed by atoms with Crippen molar-refractivity contribution >= 4 is 11.6 Å². The second-order valence-electron chi connectivity index (χ2n) is 4.49. The van der Waals surface area contributed by atoms with Gasteiger partial charge in [-0.2, -0.15) is 5.10 Å². The summed E-state index contributed by atoms with van der Waals surface area (Å²) in [6.07, 6.45) is 3.50. The summed E-state index contributed by atoms with van der Waals surface area (Å²) in [5, 5.41) is 4.87. The first kappa shape index (κ1) is 12.8. The molecule has 0 aliphatic rings. The Bertz CT molecular complexity index is 719. The van der Waals surface area contributed by atoms with Gasteiger partial charge in [0.05, 0.1) is 23.1 Å².